The standard InChI is InChI=1S/C26H25BrCl2N2O8/c1-30-23(37)25(28)10-14-12(5-6-13-18(14)22(36)31(21(13)35)7-3-4-17(32)33)19(26(25,29)24(30)38)11-8-15(27)20(34)16(9-11)39-2/h5,8-9,13-14,18-19,34H,3-4,6-7,10H2,1-2H3,(H,32,33)/t13-,14+,18-,19-,25+,26-/m0/s1. The molecule has 1 aromatic rings. The Morgan fingerprint density at radius 3 is 2.49 bits per heavy atom. The molecular weight excluding hydrogens is 619 g/mol. The van der Waals surface area contributed by atoms with Crippen molar-refractivity contribution in [3.63, 3.8) is 0 Å². The molecule has 2 heterocycles. The number of carboxylic acid groups (broad SMARTS) is 1. The Labute approximate surface area is 242 Å². The number of hydrogen-bond acceptors (Lipinski definition) is 7. The van der Waals surface area contributed by atoms with Crippen molar-refractivity contribution in [3.05, 3.63) is 33.8 Å². The first-order chi connectivity index (χ1) is 18.3. The topological polar surface area (TPSA) is 142 Å². The van der Waals surface area contributed by atoms with E-state index in [1.165, 1.54) is 20.2 Å². The van der Waals surface area contributed by atoms with E-state index in [1.54, 1.807) is 12.1 Å². The van der Waals surface area contributed by atoms with Crippen LogP contribution in [-0.4, -0.2) is 80.1 Å². The molecular formula is C26H25BrCl2N2O8. The molecule has 2 saturated heterocycles. The molecule has 0 bridgehead atoms. The van der Waals surface area contributed by atoms with E-state index in [0.717, 1.165) is 9.80 Å². The normalized spacial score (nSPS) is 33.6. The molecule has 6 atom stereocenters. The second-order valence-electron chi connectivity index (χ2n) is 10.4. The van der Waals surface area contributed by atoms with Gasteiger partial charge in [-0.25, -0.2) is 0 Å². The lowest BCUT2D eigenvalue weighted by molar-refractivity contribution is -0.142. The summed E-state index contributed by atoms with van der Waals surface area (Å²) in [6.07, 6.45) is 1.77. The molecule has 0 unspecified atom stereocenters. The highest BCUT2D eigenvalue weighted by Crippen LogP contribution is 2.65. The van der Waals surface area contributed by atoms with E-state index in [-0.39, 0.29) is 48.2 Å². The Hall–Kier alpha value is -2.63. The van der Waals surface area contributed by atoms with E-state index in [9.17, 15) is 29.1 Å². The first-order valence-corrected chi connectivity index (χ1v) is 13.9. The van der Waals surface area contributed by atoms with Crippen molar-refractivity contribution in [1.29, 1.82) is 0 Å². The van der Waals surface area contributed by atoms with Gasteiger partial charge in [-0.15, -0.1) is 23.2 Å². The van der Waals surface area contributed by atoms with Gasteiger partial charge in [0, 0.05) is 25.9 Å². The molecule has 10 nitrogen and oxygen atoms in total. The zero-order valence-electron chi connectivity index (χ0n) is 20.9. The smallest absolute Gasteiger partial charge is 0.303 e. The highest BCUT2D eigenvalue weighted by molar-refractivity contribution is 9.10. The van der Waals surface area contributed by atoms with Crippen molar-refractivity contribution >= 4 is 68.7 Å². The predicted molar refractivity (Wildman–Crippen MR) is 141 cm³/mol. The second-order valence-corrected chi connectivity index (χ2v) is 12.5. The first kappa shape index (κ1) is 27.9. The number of phenolic OH excluding ortho intramolecular Hbond substituents is 1. The monoisotopic (exact) mass is 642 g/mol. The summed E-state index contributed by atoms with van der Waals surface area (Å²) in [5, 5.41) is 19.4. The van der Waals surface area contributed by atoms with Crippen LogP contribution in [0.25, 0.3) is 0 Å². The number of allylic oxidation sites excluding steroid dienone is 2. The Balaban J connectivity index is 1.65. The van der Waals surface area contributed by atoms with E-state index >= 15 is 0 Å². The summed E-state index contributed by atoms with van der Waals surface area (Å²) >= 11 is 17.5. The highest BCUT2D eigenvalue weighted by atomic mass is 79.9. The average molecular weight is 644 g/mol. The third-order valence-corrected chi connectivity index (χ3v) is 10.5. The van der Waals surface area contributed by atoms with Gasteiger partial charge in [0.2, 0.25) is 11.8 Å². The number of imide groups is 2. The van der Waals surface area contributed by atoms with Crippen LogP contribution in [0.4, 0.5) is 0 Å². The molecule has 13 heteroatoms. The van der Waals surface area contributed by atoms with Crippen LogP contribution in [0.3, 0.4) is 0 Å². The number of amides is 4. The Morgan fingerprint density at radius 2 is 1.85 bits per heavy atom. The summed E-state index contributed by atoms with van der Waals surface area (Å²) in [5.41, 5.74) is 1.03. The van der Waals surface area contributed by atoms with Crippen LogP contribution in [0.2, 0.25) is 0 Å². The first-order valence-electron chi connectivity index (χ1n) is 12.3. The van der Waals surface area contributed by atoms with Crippen molar-refractivity contribution in [2.24, 2.45) is 17.8 Å². The van der Waals surface area contributed by atoms with Crippen molar-refractivity contribution in [2.45, 2.75) is 41.3 Å². The minimum atomic E-state index is -1.95. The Bertz CT molecular complexity index is 1370. The summed E-state index contributed by atoms with van der Waals surface area (Å²) in [6.45, 7) is -0.0316. The minimum Gasteiger partial charge on any atom is -0.503 e. The summed E-state index contributed by atoms with van der Waals surface area (Å²) in [6, 6.07) is 3.08. The maximum atomic E-state index is 13.6. The molecule has 0 aromatic heterocycles. The summed E-state index contributed by atoms with van der Waals surface area (Å²) in [7, 11) is 2.67. The number of nitrogens with zero attached hydrogens (tertiary/aromatic N) is 2. The van der Waals surface area contributed by atoms with Gasteiger partial charge in [-0.3, -0.25) is 33.8 Å². The third-order valence-electron chi connectivity index (χ3n) is 8.48. The third kappa shape index (κ3) is 3.76. The number of carbonyl (C=O) groups is 5. The predicted octanol–water partition coefficient (Wildman–Crippen LogP) is 3.02. The zero-order valence-corrected chi connectivity index (χ0v) is 24.0. The second kappa shape index (κ2) is 9.49. The molecule has 0 spiro atoms. The van der Waals surface area contributed by atoms with Gasteiger partial charge in [0.25, 0.3) is 11.8 Å². The molecule has 5 rings (SSSR count). The molecule has 1 saturated carbocycles. The van der Waals surface area contributed by atoms with Crippen LogP contribution < -0.4 is 4.74 Å². The quantitative estimate of drug-likeness (QED) is 0.274. The maximum Gasteiger partial charge on any atom is 0.303 e. The fourth-order valence-corrected chi connectivity index (χ4v) is 8.19. The van der Waals surface area contributed by atoms with Crippen molar-refractivity contribution in [1.82, 2.24) is 9.80 Å². The van der Waals surface area contributed by atoms with Crippen LogP contribution >= 0.6 is 39.1 Å². The van der Waals surface area contributed by atoms with E-state index in [4.69, 9.17) is 33.0 Å². The largest absolute Gasteiger partial charge is 0.503 e. The average Bonchev–Trinajstić information content (AvgIpc) is 3.20. The maximum absolute atomic E-state index is 13.6. The molecule has 1 aromatic carbocycles. The van der Waals surface area contributed by atoms with Crippen molar-refractivity contribution in [3.8, 4) is 11.5 Å². The molecule has 4 amide bonds. The summed E-state index contributed by atoms with van der Waals surface area (Å²) in [5.74, 6) is -6.59. The number of aromatic hydroxyl groups is 1. The number of halogens is 3. The molecule has 2 aliphatic carbocycles. The summed E-state index contributed by atoms with van der Waals surface area (Å²) < 4.78 is 5.58. The van der Waals surface area contributed by atoms with E-state index in [1.807, 2.05) is 0 Å². The van der Waals surface area contributed by atoms with Gasteiger partial charge in [-0.05, 0) is 58.8 Å². The number of likely N-dealkylation sites (tertiary alicyclic amines) is 2. The number of phenols is 1. The van der Waals surface area contributed by atoms with Gasteiger partial charge in [0.05, 0.1) is 23.4 Å². The molecule has 39 heavy (non-hydrogen) atoms. The lowest BCUT2D eigenvalue weighted by atomic mass is 9.56. The van der Waals surface area contributed by atoms with Crippen molar-refractivity contribution < 1.29 is 38.9 Å². The SMILES string of the molecule is COc1cc([C@H]2C3=CC[C@@H]4C(=O)N(CCCC(=O)O)C(=O)[C@@H]4[C@@H]3C[C@@]3(Cl)C(=O)N(C)C(=O)[C@@]23Cl)cc(Br)c1O. The Morgan fingerprint density at radius 1 is 1.15 bits per heavy atom. The number of benzene rings is 1. The molecule has 0 radical (unpaired) electrons. The van der Waals surface area contributed by atoms with E-state index in [0.29, 0.717) is 11.1 Å². The number of rotatable bonds is 6. The van der Waals surface area contributed by atoms with Gasteiger partial charge in [0.1, 0.15) is 0 Å². The van der Waals surface area contributed by atoms with E-state index in [2.05, 4.69) is 15.9 Å². The fraction of sp³-hybridized carbons (Fsp3) is 0.500. The van der Waals surface area contributed by atoms with Gasteiger partial charge in [0.15, 0.2) is 21.2 Å². The molecule has 3 fully saturated rings. The molecule has 2 N–H and O–H groups in total. The number of hydrogen-bond donors (Lipinski definition) is 2. The highest BCUT2D eigenvalue weighted by Gasteiger charge is 2.75. The van der Waals surface area contributed by atoms with Gasteiger partial charge < -0.3 is 14.9 Å². The lowest BCUT2D eigenvalue weighted by Gasteiger charge is -2.50. The number of aliphatic carboxylic acids is 1. The fourth-order valence-electron chi connectivity index (χ4n) is 6.71. The number of methoxy groups -OCH3 is 1. The molecule has 208 valence electrons. The Kier molecular flexibility index (Phi) is 6.79. The number of carboxylic acids is 1. The molecule has 4 aliphatic rings. The van der Waals surface area contributed by atoms with Crippen LogP contribution in [0.15, 0.2) is 28.3 Å². The number of fused-ring (bicyclic) bond motifs is 4. The van der Waals surface area contributed by atoms with Gasteiger partial charge >= 0.3 is 5.97 Å². The van der Waals surface area contributed by atoms with Gasteiger partial charge in [-0.2, -0.15) is 0 Å². The number of alkyl halides is 2. The molecule has 2 aliphatic heterocycles. The van der Waals surface area contributed by atoms with Crippen LogP contribution in [0.1, 0.15) is 37.2 Å². The van der Waals surface area contributed by atoms with E-state index < -0.39 is 63.0 Å². The number of carbonyl (C=O) groups excluding carboxylic acids is 4. The van der Waals surface area contributed by atoms with Crippen LogP contribution in [0, 0.1) is 17.8 Å². The van der Waals surface area contributed by atoms with Crippen LogP contribution in [-0.2, 0) is 24.0 Å². The minimum absolute atomic E-state index is 0.0316. The lowest BCUT2D eigenvalue weighted by Crippen LogP contribution is -2.60. The van der Waals surface area contributed by atoms with Crippen LogP contribution in [0.5, 0.6) is 11.5 Å². The van der Waals surface area contributed by atoms with Crippen molar-refractivity contribution in [2.75, 3.05) is 20.7 Å². The zero-order chi connectivity index (χ0) is 28.6. The summed E-state index contributed by atoms with van der Waals surface area (Å²) in [4.78, 5) is 63.0. The number of ether oxygens (including phenoxy) is 1. The van der Waals surface area contributed by atoms with Gasteiger partial charge in [-0.1, -0.05) is 11.6 Å².